The second kappa shape index (κ2) is 8.57. The Kier molecular flexibility index (Phi) is 6.48. The van der Waals surface area contributed by atoms with Gasteiger partial charge in [0.25, 0.3) is 0 Å². The lowest BCUT2D eigenvalue weighted by atomic mass is 9.46. The zero-order chi connectivity index (χ0) is 22.6. The van der Waals surface area contributed by atoms with Gasteiger partial charge in [0.15, 0.2) is 5.78 Å². The Morgan fingerprint density at radius 3 is 2.55 bits per heavy atom. The third kappa shape index (κ3) is 3.85. The molecule has 0 bridgehead atoms. The maximum Gasteiger partial charge on any atom is 0.155 e. The molecular formula is C27H44O4. The van der Waals surface area contributed by atoms with Gasteiger partial charge in [0.1, 0.15) is 0 Å². The van der Waals surface area contributed by atoms with Crippen LogP contribution in [0.2, 0.25) is 0 Å². The fraction of sp³-hybridized carbons (Fsp3) is 0.889. The Morgan fingerprint density at radius 1 is 1.10 bits per heavy atom. The van der Waals surface area contributed by atoms with Crippen LogP contribution in [0, 0.1) is 46.3 Å². The third-order valence-corrected chi connectivity index (χ3v) is 10.5. The number of ketones is 1. The van der Waals surface area contributed by atoms with E-state index in [-0.39, 0.29) is 41.3 Å². The van der Waals surface area contributed by atoms with Crippen LogP contribution in [0.1, 0.15) is 85.5 Å². The number of hydrogen-bond acceptors (Lipinski definition) is 4. The van der Waals surface area contributed by atoms with Crippen LogP contribution in [-0.4, -0.2) is 39.9 Å². The highest BCUT2D eigenvalue weighted by molar-refractivity contribution is 5.91. The van der Waals surface area contributed by atoms with E-state index in [1.54, 1.807) is 0 Å². The maximum atomic E-state index is 12.0. The number of allylic oxidation sites excluding steroid dienone is 1. The third-order valence-electron chi connectivity index (χ3n) is 10.5. The van der Waals surface area contributed by atoms with E-state index < -0.39 is 6.10 Å². The van der Waals surface area contributed by atoms with Crippen LogP contribution in [-0.2, 0) is 4.79 Å². The van der Waals surface area contributed by atoms with Crippen LogP contribution < -0.4 is 0 Å². The van der Waals surface area contributed by atoms with E-state index in [1.165, 1.54) is 12.0 Å². The van der Waals surface area contributed by atoms with Gasteiger partial charge in [0.05, 0.1) is 12.2 Å². The van der Waals surface area contributed by atoms with Crippen molar-refractivity contribution in [3.8, 4) is 0 Å². The number of aliphatic hydroxyl groups is 3. The van der Waals surface area contributed by atoms with Crippen LogP contribution in [0.25, 0.3) is 0 Å². The molecule has 3 fully saturated rings. The van der Waals surface area contributed by atoms with Gasteiger partial charge in [0, 0.05) is 13.0 Å². The summed E-state index contributed by atoms with van der Waals surface area (Å²) >= 11 is 0. The molecule has 0 saturated heterocycles. The molecule has 0 aromatic heterocycles. The van der Waals surface area contributed by atoms with Gasteiger partial charge in [-0.3, -0.25) is 4.79 Å². The fourth-order valence-corrected chi connectivity index (χ4v) is 8.61. The molecule has 4 aliphatic rings. The summed E-state index contributed by atoms with van der Waals surface area (Å²) < 4.78 is 0. The molecule has 0 heterocycles. The van der Waals surface area contributed by atoms with E-state index in [4.69, 9.17) is 0 Å². The first-order chi connectivity index (χ1) is 14.6. The highest BCUT2D eigenvalue weighted by atomic mass is 16.3. The molecule has 3 unspecified atom stereocenters. The summed E-state index contributed by atoms with van der Waals surface area (Å²) in [4.78, 5) is 12.0. The van der Waals surface area contributed by atoms with E-state index in [0.717, 1.165) is 38.5 Å². The molecule has 0 radical (unpaired) electrons. The average Bonchev–Trinajstić information content (AvgIpc) is 3.01. The van der Waals surface area contributed by atoms with Crippen molar-refractivity contribution in [2.75, 3.05) is 6.61 Å². The molecule has 0 aromatic rings. The van der Waals surface area contributed by atoms with Gasteiger partial charge in [-0.25, -0.2) is 0 Å². The minimum atomic E-state index is -0.426. The topological polar surface area (TPSA) is 77.8 Å². The largest absolute Gasteiger partial charge is 0.396 e. The molecule has 0 amide bonds. The standard InChI is InChI=1S/C27H44O4/c1-16(15-28)5-8-23(30)17(2)25-24(31)14-22-20-7-6-18-13-19(29)9-11-26(18,3)21(20)10-12-27(22,25)4/h13,16-17,20-25,28,30-31H,5-12,14-15H2,1-4H3/t16?,17-,20-,21+,22+,23?,24?,25+,26+,27+/m1/s1. The second-order valence-electron chi connectivity index (χ2n) is 12.1. The lowest BCUT2D eigenvalue weighted by molar-refractivity contribution is -0.118. The van der Waals surface area contributed by atoms with Crippen LogP contribution >= 0.6 is 0 Å². The van der Waals surface area contributed by atoms with Crippen molar-refractivity contribution in [3.05, 3.63) is 11.6 Å². The molecule has 0 aliphatic heterocycles. The molecule has 4 aliphatic carbocycles. The van der Waals surface area contributed by atoms with Gasteiger partial charge >= 0.3 is 0 Å². The van der Waals surface area contributed by atoms with Gasteiger partial charge in [-0.1, -0.05) is 33.3 Å². The van der Waals surface area contributed by atoms with Crippen molar-refractivity contribution in [1.82, 2.24) is 0 Å². The van der Waals surface area contributed by atoms with E-state index in [9.17, 15) is 20.1 Å². The molecule has 0 spiro atoms. The van der Waals surface area contributed by atoms with E-state index in [1.807, 2.05) is 13.0 Å². The highest BCUT2D eigenvalue weighted by Crippen LogP contribution is 2.67. The first-order valence-corrected chi connectivity index (χ1v) is 12.8. The van der Waals surface area contributed by atoms with Crippen molar-refractivity contribution in [2.45, 2.75) is 97.7 Å². The van der Waals surface area contributed by atoms with Crippen molar-refractivity contribution >= 4 is 5.78 Å². The first kappa shape index (κ1) is 23.4. The van der Waals surface area contributed by atoms with Crippen molar-refractivity contribution in [1.29, 1.82) is 0 Å². The molecule has 4 rings (SSSR count). The van der Waals surface area contributed by atoms with E-state index >= 15 is 0 Å². The fourth-order valence-electron chi connectivity index (χ4n) is 8.61. The molecular weight excluding hydrogens is 388 g/mol. The minimum absolute atomic E-state index is 0.0642. The zero-order valence-corrected chi connectivity index (χ0v) is 20.0. The summed E-state index contributed by atoms with van der Waals surface area (Å²) in [6.45, 7) is 9.12. The summed E-state index contributed by atoms with van der Waals surface area (Å²) in [5.74, 6) is 2.46. The predicted octanol–water partition coefficient (Wildman–Crippen LogP) is 4.51. The van der Waals surface area contributed by atoms with Gasteiger partial charge in [-0.2, -0.15) is 0 Å². The normalized spacial score (nSPS) is 45.2. The lowest BCUT2D eigenvalue weighted by Gasteiger charge is -2.58. The van der Waals surface area contributed by atoms with Crippen LogP contribution in [0.4, 0.5) is 0 Å². The Hall–Kier alpha value is -0.710. The quantitative estimate of drug-likeness (QED) is 0.577. The second-order valence-corrected chi connectivity index (χ2v) is 12.1. The summed E-state index contributed by atoms with van der Waals surface area (Å²) in [6.07, 6.45) is 9.72. The summed E-state index contributed by atoms with van der Waals surface area (Å²) in [5, 5.41) is 31.5. The summed E-state index contributed by atoms with van der Waals surface area (Å²) in [6, 6.07) is 0. The number of hydrogen-bond donors (Lipinski definition) is 3. The number of carbonyl (C=O) groups excluding carboxylic acids is 1. The number of fused-ring (bicyclic) bond motifs is 5. The maximum absolute atomic E-state index is 12.0. The molecule has 3 saturated carbocycles. The molecule has 3 N–H and O–H groups in total. The monoisotopic (exact) mass is 432 g/mol. The van der Waals surface area contributed by atoms with Gasteiger partial charge in [-0.15, -0.1) is 0 Å². The Morgan fingerprint density at radius 2 is 1.84 bits per heavy atom. The summed E-state index contributed by atoms with van der Waals surface area (Å²) in [5.41, 5.74) is 1.63. The Balaban J connectivity index is 1.53. The van der Waals surface area contributed by atoms with Crippen molar-refractivity contribution in [2.24, 2.45) is 46.3 Å². The molecule has 31 heavy (non-hydrogen) atoms. The van der Waals surface area contributed by atoms with Crippen LogP contribution in [0.5, 0.6) is 0 Å². The van der Waals surface area contributed by atoms with E-state index in [0.29, 0.717) is 36.4 Å². The van der Waals surface area contributed by atoms with Gasteiger partial charge in [0.2, 0.25) is 0 Å². The van der Waals surface area contributed by atoms with E-state index in [2.05, 4.69) is 20.8 Å². The number of carbonyl (C=O) groups is 1. The SMILES string of the molecule is CC(CO)CCC(O)[C@@H](C)[C@H]1C(O)C[C@H]2[C@@H]3CCC4=CC(=O)CC[C@]4(C)[C@H]3CC[C@]12C. The number of rotatable bonds is 6. The lowest BCUT2D eigenvalue weighted by Crippen LogP contribution is -2.51. The summed E-state index contributed by atoms with van der Waals surface area (Å²) in [7, 11) is 0. The average molecular weight is 433 g/mol. The van der Waals surface area contributed by atoms with Gasteiger partial charge in [-0.05, 0) is 104 Å². The highest BCUT2D eigenvalue weighted by Gasteiger charge is 2.62. The molecule has 0 aromatic carbocycles. The van der Waals surface area contributed by atoms with Crippen molar-refractivity contribution < 1.29 is 20.1 Å². The number of aliphatic hydroxyl groups excluding tert-OH is 3. The molecule has 4 nitrogen and oxygen atoms in total. The van der Waals surface area contributed by atoms with Crippen LogP contribution in [0.3, 0.4) is 0 Å². The van der Waals surface area contributed by atoms with Crippen molar-refractivity contribution in [3.63, 3.8) is 0 Å². The molecule has 4 heteroatoms. The molecule has 176 valence electrons. The first-order valence-electron chi connectivity index (χ1n) is 12.8. The minimum Gasteiger partial charge on any atom is -0.396 e. The van der Waals surface area contributed by atoms with Gasteiger partial charge < -0.3 is 15.3 Å². The molecule has 10 atom stereocenters. The Bertz CT molecular complexity index is 716. The predicted molar refractivity (Wildman–Crippen MR) is 122 cm³/mol. The Labute approximate surface area is 188 Å². The van der Waals surface area contributed by atoms with Crippen LogP contribution in [0.15, 0.2) is 11.6 Å². The zero-order valence-electron chi connectivity index (χ0n) is 20.0. The smallest absolute Gasteiger partial charge is 0.155 e.